The molecule has 0 bridgehead atoms. The number of ether oxygens (including phenoxy) is 1. The van der Waals surface area contributed by atoms with Gasteiger partial charge in [-0.2, -0.15) is 8.78 Å². The number of alkyl halides is 2. The van der Waals surface area contributed by atoms with Crippen molar-refractivity contribution in [3.63, 3.8) is 0 Å². The average molecular weight is 1190 g/mol. The van der Waals surface area contributed by atoms with Crippen molar-refractivity contribution >= 4 is 92.0 Å². The van der Waals surface area contributed by atoms with Crippen molar-refractivity contribution in [2.45, 2.75) is 115 Å². The van der Waals surface area contributed by atoms with Crippen LogP contribution >= 0.6 is 34.9 Å². The van der Waals surface area contributed by atoms with Crippen LogP contribution in [0.2, 0.25) is 0 Å². The van der Waals surface area contributed by atoms with E-state index in [1.165, 1.54) is 26.8 Å². The number of carbonyl (C=O) groups is 7. The summed E-state index contributed by atoms with van der Waals surface area (Å²) < 4.78 is 48.4. The van der Waals surface area contributed by atoms with E-state index in [9.17, 15) is 47.1 Å². The van der Waals surface area contributed by atoms with Crippen LogP contribution in [0.25, 0.3) is 10.1 Å². The van der Waals surface area contributed by atoms with Gasteiger partial charge in [-0.15, -0.1) is 11.3 Å². The molecular formula is C57H60BrF2N6O11PS. The highest BCUT2D eigenvalue weighted by molar-refractivity contribution is 9.10. The maximum atomic E-state index is 15.1. The standard InChI is InChI=1S/C57H60BrF2N6O11PS/c1-56(2,3)50(63-52(70)47-30-37-29-38(18-24-46(37)79-47)57(59,60)78(74,75)76)55(73)65-32-41(77-34-35-13-8-7-9-14-35)31-45(65)54(72)64(40-21-19-39(58)20-22-40)28-26-48(67)61-27-11-6-4-5-10-15-36-16-12-17-42-43(36)33-66(53(42)71)44-23-25-49(68)62-51(44)69/h7-9,12-14,16-22,24,29-30,41,44-45,50H,4-6,11,23,25-28,31-34H2,1-3H3,(H,61,67)(H,63,70)(H,62,68,69)(H2,74,75,76)/t41-,44?,45+,50?/m1/s1. The number of hydrogen-bond donors (Lipinski definition) is 5. The molecular weight excluding hydrogens is 1130 g/mol. The minimum absolute atomic E-state index is 0.00925. The monoisotopic (exact) mass is 1180 g/mol. The first-order chi connectivity index (χ1) is 37.5. The number of amides is 7. The van der Waals surface area contributed by atoms with E-state index in [0.29, 0.717) is 40.9 Å². The Kier molecular flexibility index (Phi) is 18.3. The molecule has 5 N–H and O–H groups in total. The molecule has 0 aliphatic carbocycles. The third-order valence-electron chi connectivity index (χ3n) is 14.1. The summed E-state index contributed by atoms with van der Waals surface area (Å²) in [6.07, 6.45) is 2.59. The highest BCUT2D eigenvalue weighted by atomic mass is 79.9. The van der Waals surface area contributed by atoms with Crippen LogP contribution in [-0.4, -0.2) is 105 Å². The Morgan fingerprint density at radius 2 is 1.71 bits per heavy atom. The maximum absolute atomic E-state index is 15.1. The molecule has 5 aromatic rings. The molecule has 4 aromatic carbocycles. The van der Waals surface area contributed by atoms with Crippen LogP contribution in [-0.2, 0) is 52.1 Å². The molecule has 2 saturated heterocycles. The minimum atomic E-state index is -5.86. The van der Waals surface area contributed by atoms with Crippen LogP contribution < -0.4 is 20.9 Å². The van der Waals surface area contributed by atoms with Crippen molar-refractivity contribution in [3.05, 3.63) is 134 Å². The molecule has 3 aliphatic heterocycles. The Morgan fingerprint density at radius 1 is 0.962 bits per heavy atom. The molecule has 2 fully saturated rings. The highest BCUT2D eigenvalue weighted by Crippen LogP contribution is 2.59. The number of imide groups is 1. The molecule has 3 aliphatic rings. The van der Waals surface area contributed by atoms with Crippen molar-refractivity contribution in [3.8, 4) is 11.8 Å². The lowest BCUT2D eigenvalue weighted by atomic mass is 9.85. The number of nitrogens with zero attached hydrogens (tertiary/aromatic N) is 3. The number of nitrogens with one attached hydrogen (secondary N) is 3. The second-order valence-corrected chi connectivity index (χ2v) is 24.4. The summed E-state index contributed by atoms with van der Waals surface area (Å²) in [6, 6.07) is 23.0. The Morgan fingerprint density at radius 3 is 2.42 bits per heavy atom. The van der Waals surface area contributed by atoms with Crippen LogP contribution in [0.1, 0.15) is 114 Å². The fraction of sp³-hybridized carbons (Fsp3) is 0.386. The molecule has 4 atom stereocenters. The molecule has 2 unspecified atom stereocenters. The summed E-state index contributed by atoms with van der Waals surface area (Å²) in [7, 11) is -5.86. The lowest BCUT2D eigenvalue weighted by Crippen LogP contribution is -2.58. The molecule has 22 heteroatoms. The maximum Gasteiger partial charge on any atom is 0.399 e. The molecule has 79 heavy (non-hydrogen) atoms. The van der Waals surface area contributed by atoms with Crippen LogP contribution in [0, 0.1) is 17.3 Å². The predicted octanol–water partition coefficient (Wildman–Crippen LogP) is 8.13. The minimum Gasteiger partial charge on any atom is -0.372 e. The number of thiophene rings is 1. The highest BCUT2D eigenvalue weighted by Gasteiger charge is 2.51. The molecule has 0 radical (unpaired) electrons. The van der Waals surface area contributed by atoms with Gasteiger partial charge < -0.3 is 39.9 Å². The second kappa shape index (κ2) is 24.8. The van der Waals surface area contributed by atoms with Gasteiger partial charge in [0.25, 0.3) is 11.8 Å². The van der Waals surface area contributed by atoms with Crippen LogP contribution in [0.15, 0.2) is 102 Å². The number of likely N-dealkylation sites (tertiary alicyclic amines) is 1. The topological polar surface area (TPSA) is 232 Å². The Balaban J connectivity index is 0.909. The molecule has 7 amide bonds. The van der Waals surface area contributed by atoms with E-state index in [-0.39, 0.29) is 79.9 Å². The Labute approximate surface area is 468 Å². The van der Waals surface area contributed by atoms with Gasteiger partial charge in [0, 0.05) is 83.4 Å². The number of piperidine rings is 1. The van der Waals surface area contributed by atoms with E-state index in [0.717, 1.165) is 51.9 Å². The van der Waals surface area contributed by atoms with E-state index in [1.807, 2.05) is 36.4 Å². The van der Waals surface area contributed by atoms with Gasteiger partial charge in [-0.3, -0.25) is 43.4 Å². The van der Waals surface area contributed by atoms with Gasteiger partial charge >= 0.3 is 13.3 Å². The van der Waals surface area contributed by atoms with Crippen LogP contribution in [0.5, 0.6) is 0 Å². The van der Waals surface area contributed by atoms with Gasteiger partial charge in [0.2, 0.25) is 29.5 Å². The average Bonchev–Trinajstić information content (AvgIpc) is 4.15. The number of fused-ring (bicyclic) bond motifs is 2. The van der Waals surface area contributed by atoms with Gasteiger partial charge in [0.15, 0.2) is 0 Å². The van der Waals surface area contributed by atoms with Gasteiger partial charge in [-0.1, -0.05) is 97.4 Å². The number of benzene rings is 4. The third-order valence-corrected chi connectivity index (χ3v) is 16.7. The largest absolute Gasteiger partial charge is 0.399 e. The smallest absolute Gasteiger partial charge is 0.372 e. The number of hydrogen-bond acceptors (Lipinski definition) is 10. The van der Waals surface area contributed by atoms with E-state index in [4.69, 9.17) is 4.74 Å². The van der Waals surface area contributed by atoms with Crippen LogP contribution in [0.3, 0.4) is 0 Å². The zero-order valence-corrected chi connectivity index (χ0v) is 46.9. The molecule has 416 valence electrons. The number of rotatable bonds is 19. The van der Waals surface area contributed by atoms with Gasteiger partial charge in [0.05, 0.1) is 17.6 Å². The molecule has 1 aromatic heterocycles. The quantitative estimate of drug-likeness (QED) is 0.0229. The molecule has 0 spiro atoms. The summed E-state index contributed by atoms with van der Waals surface area (Å²) in [5, 5.41) is 8.25. The SMILES string of the molecule is CC(C)(C)C(NC(=O)c1cc2cc(C(F)(F)P(=O)(O)O)ccc2s1)C(=O)N1C[C@H](OCc2ccccc2)C[C@H]1C(=O)N(CCC(=O)NCCCCCC#Cc1cccc2c1CN(C1CCC(=O)NC1=O)C2=O)c1ccc(Br)cc1. The molecule has 4 heterocycles. The van der Waals surface area contributed by atoms with Crippen molar-refractivity contribution in [2.75, 3.05) is 24.5 Å². The van der Waals surface area contributed by atoms with Gasteiger partial charge in [-0.05, 0) is 95.8 Å². The van der Waals surface area contributed by atoms with Crippen LogP contribution in [0.4, 0.5) is 14.5 Å². The normalized spacial score (nSPS) is 17.9. The Bertz CT molecular complexity index is 3270. The van der Waals surface area contributed by atoms with E-state index >= 15 is 9.59 Å². The number of unbranched alkanes of at least 4 members (excludes halogenated alkanes) is 3. The first-order valence-corrected chi connectivity index (χ1v) is 29.1. The number of anilines is 1. The van der Waals surface area contributed by atoms with Crippen molar-refractivity contribution in [1.82, 2.24) is 25.8 Å². The fourth-order valence-corrected chi connectivity index (χ4v) is 11.5. The molecule has 8 rings (SSSR count). The zero-order valence-electron chi connectivity index (χ0n) is 43.6. The van der Waals surface area contributed by atoms with Gasteiger partial charge in [0.1, 0.15) is 18.1 Å². The summed E-state index contributed by atoms with van der Waals surface area (Å²) in [6.45, 7) is 6.00. The lowest BCUT2D eigenvalue weighted by Gasteiger charge is -2.36. The first-order valence-electron chi connectivity index (χ1n) is 25.8. The third kappa shape index (κ3) is 13.9. The number of carbonyl (C=O) groups excluding carboxylic acids is 7. The summed E-state index contributed by atoms with van der Waals surface area (Å²) in [4.78, 5) is 118. The van der Waals surface area contributed by atoms with Crippen molar-refractivity contribution in [2.24, 2.45) is 5.41 Å². The van der Waals surface area contributed by atoms with E-state index < -0.39 is 72.1 Å². The zero-order chi connectivity index (χ0) is 56.8. The fourth-order valence-electron chi connectivity index (χ4n) is 9.78. The lowest BCUT2D eigenvalue weighted by molar-refractivity contribution is -0.141. The summed E-state index contributed by atoms with van der Waals surface area (Å²) in [5.41, 5.74) is -3.01. The summed E-state index contributed by atoms with van der Waals surface area (Å²) in [5.74, 6) is 3.24. The number of halogens is 3. The van der Waals surface area contributed by atoms with Gasteiger partial charge in [-0.25, -0.2) is 0 Å². The van der Waals surface area contributed by atoms with E-state index in [2.05, 4.69) is 43.7 Å². The predicted molar refractivity (Wildman–Crippen MR) is 296 cm³/mol. The summed E-state index contributed by atoms with van der Waals surface area (Å²) >= 11 is 4.40. The van der Waals surface area contributed by atoms with Crippen molar-refractivity contribution in [1.29, 1.82) is 0 Å². The molecule has 17 nitrogen and oxygen atoms in total. The Hall–Kier alpha value is -6.66. The molecule has 0 saturated carbocycles. The first kappa shape index (κ1) is 58.5. The van der Waals surface area contributed by atoms with E-state index in [1.54, 1.807) is 57.2 Å². The second-order valence-electron chi connectivity index (χ2n) is 20.8. The van der Waals surface area contributed by atoms with Crippen molar-refractivity contribution < 1.29 is 61.4 Å².